The molecule has 0 atom stereocenters. The van der Waals surface area contributed by atoms with Crippen LogP contribution in [0, 0.1) is 0 Å². The van der Waals surface area contributed by atoms with Crippen LogP contribution in [0.1, 0.15) is 42.9 Å². The molecule has 0 aliphatic heterocycles. The highest BCUT2D eigenvalue weighted by Gasteiger charge is 2.12. The molecule has 0 bridgehead atoms. The highest BCUT2D eigenvalue weighted by molar-refractivity contribution is 7.14. The van der Waals surface area contributed by atoms with E-state index in [1.54, 1.807) is 6.08 Å². The zero-order valence-electron chi connectivity index (χ0n) is 17.2. The van der Waals surface area contributed by atoms with Gasteiger partial charge in [-0.3, -0.25) is 10.1 Å². The quantitative estimate of drug-likeness (QED) is 0.470. The molecule has 0 fully saturated rings. The first kappa shape index (κ1) is 20.4. The summed E-state index contributed by atoms with van der Waals surface area (Å²) in [4.78, 5) is 16.9. The molecule has 1 aliphatic rings. The maximum Gasteiger partial charge on any atom is 0.250 e. The zero-order chi connectivity index (χ0) is 20.8. The Morgan fingerprint density at radius 2 is 1.93 bits per heavy atom. The van der Waals surface area contributed by atoms with Gasteiger partial charge >= 0.3 is 0 Å². The van der Waals surface area contributed by atoms with Crippen LogP contribution in [0.2, 0.25) is 0 Å². The van der Waals surface area contributed by atoms with Gasteiger partial charge in [-0.1, -0.05) is 31.2 Å². The van der Waals surface area contributed by atoms with Crippen LogP contribution < -0.4 is 10.1 Å². The van der Waals surface area contributed by atoms with Gasteiger partial charge in [-0.2, -0.15) is 0 Å². The van der Waals surface area contributed by atoms with Crippen molar-refractivity contribution in [1.82, 2.24) is 4.98 Å². The van der Waals surface area contributed by atoms with Crippen molar-refractivity contribution < 1.29 is 9.53 Å². The van der Waals surface area contributed by atoms with Crippen molar-refractivity contribution in [2.45, 2.75) is 39.0 Å². The first-order valence-electron chi connectivity index (χ1n) is 10.5. The summed E-state index contributed by atoms with van der Waals surface area (Å²) in [5, 5.41) is 5.47. The number of anilines is 1. The Morgan fingerprint density at radius 3 is 2.73 bits per heavy atom. The Kier molecular flexibility index (Phi) is 6.60. The lowest BCUT2D eigenvalue weighted by Gasteiger charge is -2.16. The van der Waals surface area contributed by atoms with Crippen LogP contribution in [0.25, 0.3) is 17.3 Å². The number of nitrogens with one attached hydrogen (secondary N) is 1. The molecule has 2 aromatic carbocycles. The summed E-state index contributed by atoms with van der Waals surface area (Å²) in [6.45, 7) is 2.78. The SMILES string of the molecule is CCCOc1ccc(/C=C/C(=O)Nc2nc(-c3ccc4c(c3)CCCC4)cs2)cc1. The normalized spacial score (nSPS) is 13.2. The maximum absolute atomic E-state index is 12.3. The summed E-state index contributed by atoms with van der Waals surface area (Å²) in [7, 11) is 0. The lowest BCUT2D eigenvalue weighted by Crippen LogP contribution is -2.07. The van der Waals surface area contributed by atoms with Gasteiger partial charge < -0.3 is 4.74 Å². The van der Waals surface area contributed by atoms with Crippen molar-refractivity contribution >= 4 is 28.5 Å². The van der Waals surface area contributed by atoms with Crippen LogP contribution in [0.4, 0.5) is 5.13 Å². The molecule has 5 heteroatoms. The van der Waals surface area contributed by atoms with Crippen molar-refractivity contribution in [3.05, 3.63) is 70.6 Å². The van der Waals surface area contributed by atoms with E-state index < -0.39 is 0 Å². The molecule has 1 heterocycles. The Balaban J connectivity index is 1.36. The fourth-order valence-corrected chi connectivity index (χ4v) is 4.29. The summed E-state index contributed by atoms with van der Waals surface area (Å²) in [5.41, 5.74) is 5.88. The van der Waals surface area contributed by atoms with Gasteiger partial charge in [-0.15, -0.1) is 11.3 Å². The Hall–Kier alpha value is -2.92. The second kappa shape index (κ2) is 9.72. The number of aromatic nitrogens is 1. The summed E-state index contributed by atoms with van der Waals surface area (Å²) >= 11 is 1.45. The number of hydrogen-bond acceptors (Lipinski definition) is 4. The van der Waals surface area contributed by atoms with E-state index in [0.29, 0.717) is 11.7 Å². The van der Waals surface area contributed by atoms with Gasteiger partial charge in [0.1, 0.15) is 5.75 Å². The molecule has 3 aromatic rings. The number of thiazole rings is 1. The van der Waals surface area contributed by atoms with E-state index in [1.165, 1.54) is 47.8 Å². The van der Waals surface area contributed by atoms with Gasteiger partial charge in [0.2, 0.25) is 5.91 Å². The summed E-state index contributed by atoms with van der Waals surface area (Å²) in [6, 6.07) is 14.3. The molecule has 30 heavy (non-hydrogen) atoms. The minimum Gasteiger partial charge on any atom is -0.494 e. The molecule has 0 saturated heterocycles. The first-order chi connectivity index (χ1) is 14.7. The van der Waals surface area contributed by atoms with Gasteiger partial charge in [-0.25, -0.2) is 4.98 Å². The van der Waals surface area contributed by atoms with Gasteiger partial charge in [0.15, 0.2) is 5.13 Å². The third kappa shape index (κ3) is 5.16. The van der Waals surface area contributed by atoms with Crippen LogP contribution in [0.15, 0.2) is 53.9 Å². The fourth-order valence-electron chi connectivity index (χ4n) is 3.57. The van der Waals surface area contributed by atoms with Crippen molar-refractivity contribution in [2.24, 2.45) is 0 Å². The molecule has 0 spiro atoms. The maximum atomic E-state index is 12.3. The summed E-state index contributed by atoms with van der Waals surface area (Å²) in [6.07, 6.45) is 9.16. The molecule has 0 unspecified atom stereocenters. The van der Waals surface area contributed by atoms with Crippen molar-refractivity contribution in [2.75, 3.05) is 11.9 Å². The second-order valence-electron chi connectivity index (χ2n) is 7.47. The van der Waals surface area contributed by atoms with Crippen LogP contribution in [0.3, 0.4) is 0 Å². The van der Waals surface area contributed by atoms with E-state index in [2.05, 4.69) is 35.4 Å². The number of ether oxygens (including phenoxy) is 1. The number of benzene rings is 2. The van der Waals surface area contributed by atoms with Gasteiger partial charge in [0.05, 0.1) is 12.3 Å². The van der Waals surface area contributed by atoms with Crippen LogP contribution in [0.5, 0.6) is 5.75 Å². The molecule has 1 aliphatic carbocycles. The third-order valence-electron chi connectivity index (χ3n) is 5.16. The number of carbonyl (C=O) groups excluding carboxylic acids is 1. The van der Waals surface area contributed by atoms with E-state index in [4.69, 9.17) is 4.74 Å². The topological polar surface area (TPSA) is 51.2 Å². The fraction of sp³-hybridized carbons (Fsp3) is 0.280. The van der Waals surface area contributed by atoms with E-state index >= 15 is 0 Å². The number of amides is 1. The zero-order valence-corrected chi connectivity index (χ0v) is 18.0. The van der Waals surface area contributed by atoms with Crippen LogP contribution >= 0.6 is 11.3 Å². The van der Waals surface area contributed by atoms with Gasteiger partial charge in [0, 0.05) is 17.0 Å². The number of rotatable bonds is 7. The van der Waals surface area contributed by atoms with Crippen LogP contribution in [-0.2, 0) is 17.6 Å². The average Bonchev–Trinajstić information content (AvgIpc) is 3.25. The molecule has 0 saturated carbocycles. The van der Waals surface area contributed by atoms with E-state index in [0.717, 1.165) is 35.4 Å². The third-order valence-corrected chi connectivity index (χ3v) is 5.92. The highest BCUT2D eigenvalue weighted by Crippen LogP contribution is 2.29. The molecular formula is C25H26N2O2S. The summed E-state index contributed by atoms with van der Waals surface area (Å²) in [5.74, 6) is 0.656. The molecular weight excluding hydrogens is 392 g/mol. The standard InChI is InChI=1S/C25H26N2O2S/c1-2-15-29-22-12-7-18(8-13-22)9-14-24(28)27-25-26-23(17-30-25)21-11-10-19-5-3-4-6-20(19)16-21/h7-14,16-17H,2-6,15H2,1H3,(H,26,27,28)/b14-9+. The molecule has 1 amide bonds. The lowest BCUT2D eigenvalue weighted by molar-refractivity contribution is -0.111. The molecule has 1 N–H and O–H groups in total. The predicted octanol–water partition coefficient (Wildman–Crippen LogP) is 6.13. The molecule has 4 nitrogen and oxygen atoms in total. The number of hydrogen-bond donors (Lipinski definition) is 1. The van der Waals surface area contributed by atoms with E-state index in [9.17, 15) is 4.79 Å². The minimum absolute atomic E-state index is 0.187. The van der Waals surface area contributed by atoms with Crippen LogP contribution in [-0.4, -0.2) is 17.5 Å². The van der Waals surface area contributed by atoms with Crippen molar-refractivity contribution in [3.63, 3.8) is 0 Å². The average molecular weight is 419 g/mol. The predicted molar refractivity (Wildman–Crippen MR) is 124 cm³/mol. The van der Waals surface area contributed by atoms with Crippen molar-refractivity contribution in [3.8, 4) is 17.0 Å². The molecule has 0 radical (unpaired) electrons. The smallest absolute Gasteiger partial charge is 0.250 e. The number of nitrogens with zero attached hydrogens (tertiary/aromatic N) is 1. The van der Waals surface area contributed by atoms with E-state index in [-0.39, 0.29) is 5.91 Å². The number of aryl methyl sites for hydroxylation is 2. The number of carbonyl (C=O) groups is 1. The minimum atomic E-state index is -0.187. The van der Waals surface area contributed by atoms with E-state index in [1.807, 2.05) is 29.6 Å². The Bertz CT molecular complexity index is 1040. The Labute approximate surface area is 181 Å². The second-order valence-corrected chi connectivity index (χ2v) is 8.33. The van der Waals surface area contributed by atoms with Gasteiger partial charge in [-0.05, 0) is 73.1 Å². The first-order valence-corrected chi connectivity index (χ1v) is 11.4. The highest BCUT2D eigenvalue weighted by atomic mass is 32.1. The van der Waals surface area contributed by atoms with Crippen molar-refractivity contribution in [1.29, 1.82) is 0 Å². The molecule has 1 aromatic heterocycles. The summed E-state index contributed by atoms with van der Waals surface area (Å²) < 4.78 is 5.57. The monoisotopic (exact) mass is 418 g/mol. The van der Waals surface area contributed by atoms with Gasteiger partial charge in [0.25, 0.3) is 0 Å². The Morgan fingerprint density at radius 1 is 1.13 bits per heavy atom. The lowest BCUT2D eigenvalue weighted by atomic mass is 9.90. The largest absolute Gasteiger partial charge is 0.494 e. The molecule has 154 valence electrons. The number of fused-ring (bicyclic) bond motifs is 1. The molecule has 4 rings (SSSR count).